The summed E-state index contributed by atoms with van der Waals surface area (Å²) in [6.07, 6.45) is 0.646. The zero-order valence-electron chi connectivity index (χ0n) is 17.4. The third-order valence-electron chi connectivity index (χ3n) is 5.50. The van der Waals surface area contributed by atoms with Gasteiger partial charge in [0.1, 0.15) is 0 Å². The number of hydrogen-bond acceptors (Lipinski definition) is 3. The number of rotatable bonds is 6. The van der Waals surface area contributed by atoms with Crippen LogP contribution < -0.4 is 11.1 Å². The average molecular weight is 468 g/mol. The number of hydrogen-bond donors (Lipinski definition) is 2. The van der Waals surface area contributed by atoms with Gasteiger partial charge in [-0.2, -0.15) is 0 Å². The Morgan fingerprint density at radius 2 is 1.72 bits per heavy atom. The number of nitrogens with two attached hydrogens (primary N) is 1. The monoisotopic (exact) mass is 467 g/mol. The second kappa shape index (κ2) is 9.74. The summed E-state index contributed by atoms with van der Waals surface area (Å²) in [4.78, 5) is 27.0. The lowest BCUT2D eigenvalue weighted by Gasteiger charge is -2.20. The first kappa shape index (κ1) is 22.3. The van der Waals surface area contributed by atoms with Crippen LogP contribution in [-0.2, 0) is 35.5 Å². The van der Waals surface area contributed by atoms with Crippen molar-refractivity contribution in [2.45, 2.75) is 32.0 Å². The smallest absolute Gasteiger partial charge is 0.240 e. The molecule has 5 nitrogen and oxygen atoms in total. The van der Waals surface area contributed by atoms with Gasteiger partial charge in [0, 0.05) is 28.8 Å². The molecule has 32 heavy (non-hydrogen) atoms. The molecule has 0 saturated heterocycles. The van der Waals surface area contributed by atoms with Gasteiger partial charge >= 0.3 is 0 Å². The minimum Gasteiger partial charge on any atom is -0.333 e. The van der Waals surface area contributed by atoms with Gasteiger partial charge in [0.25, 0.3) is 0 Å². The molecule has 3 aromatic carbocycles. The Hall–Kier alpha value is -2.86. The van der Waals surface area contributed by atoms with Crippen molar-refractivity contribution >= 4 is 40.7 Å². The van der Waals surface area contributed by atoms with Gasteiger partial charge < -0.3 is 16.0 Å². The first-order valence-electron chi connectivity index (χ1n) is 10.3. The summed E-state index contributed by atoms with van der Waals surface area (Å²) in [7, 11) is 0. The molecule has 164 valence electrons. The molecule has 0 spiro atoms. The van der Waals surface area contributed by atoms with Crippen molar-refractivity contribution in [1.29, 1.82) is 0 Å². The summed E-state index contributed by atoms with van der Waals surface area (Å²) in [5.41, 5.74) is 10.7. The number of amides is 2. The number of anilines is 1. The van der Waals surface area contributed by atoms with E-state index in [-0.39, 0.29) is 11.8 Å². The predicted octanol–water partition coefficient (Wildman–Crippen LogP) is 4.59. The molecule has 1 aliphatic heterocycles. The molecule has 0 saturated carbocycles. The van der Waals surface area contributed by atoms with Gasteiger partial charge in [0.2, 0.25) is 11.8 Å². The van der Waals surface area contributed by atoms with Crippen LogP contribution in [0.1, 0.15) is 22.3 Å². The van der Waals surface area contributed by atoms with Crippen LogP contribution in [0.5, 0.6) is 0 Å². The number of benzene rings is 3. The largest absolute Gasteiger partial charge is 0.333 e. The first-order valence-corrected chi connectivity index (χ1v) is 11.1. The van der Waals surface area contributed by atoms with E-state index in [9.17, 15) is 9.59 Å². The molecule has 0 bridgehead atoms. The standard InChI is InChI=1S/C25H23Cl2N3O2/c26-20-8-6-17(22(27)13-20)12-23(28)25(32)30-14-18-7-9-21(11-19(18)15-30)29-24(31)10-16-4-2-1-3-5-16/h1-9,11,13,23H,10,12,14-15,28H2,(H,29,31)/t23-/m1/s1. The van der Waals surface area contributed by atoms with Crippen LogP contribution >= 0.6 is 23.2 Å². The molecule has 2 amide bonds. The fraction of sp³-hybridized carbons (Fsp3) is 0.200. The lowest BCUT2D eigenvalue weighted by molar-refractivity contribution is -0.133. The van der Waals surface area contributed by atoms with Crippen LogP contribution in [0.4, 0.5) is 5.69 Å². The van der Waals surface area contributed by atoms with E-state index in [2.05, 4.69) is 5.32 Å². The van der Waals surface area contributed by atoms with E-state index in [1.54, 1.807) is 23.1 Å². The van der Waals surface area contributed by atoms with Gasteiger partial charge in [-0.15, -0.1) is 0 Å². The van der Waals surface area contributed by atoms with Crippen LogP contribution in [0.15, 0.2) is 66.7 Å². The van der Waals surface area contributed by atoms with E-state index in [0.717, 1.165) is 27.9 Å². The molecule has 0 radical (unpaired) electrons. The summed E-state index contributed by atoms with van der Waals surface area (Å²) in [6.45, 7) is 0.951. The normalized spacial score (nSPS) is 13.5. The molecule has 0 aromatic heterocycles. The number of nitrogens with one attached hydrogen (secondary N) is 1. The summed E-state index contributed by atoms with van der Waals surface area (Å²) in [5, 5.41) is 3.98. The first-order chi connectivity index (χ1) is 15.4. The van der Waals surface area contributed by atoms with Gasteiger partial charge in [-0.05, 0) is 52.9 Å². The maximum Gasteiger partial charge on any atom is 0.240 e. The lowest BCUT2D eigenvalue weighted by Crippen LogP contribution is -2.42. The number of carbonyl (C=O) groups excluding carboxylic acids is 2. The third kappa shape index (κ3) is 5.30. The van der Waals surface area contributed by atoms with E-state index in [1.165, 1.54) is 0 Å². The van der Waals surface area contributed by atoms with Crippen molar-refractivity contribution in [3.63, 3.8) is 0 Å². The van der Waals surface area contributed by atoms with Gasteiger partial charge in [-0.25, -0.2) is 0 Å². The molecule has 7 heteroatoms. The highest BCUT2D eigenvalue weighted by molar-refractivity contribution is 6.35. The highest BCUT2D eigenvalue weighted by atomic mass is 35.5. The minimum atomic E-state index is -0.701. The Labute approximate surface area is 197 Å². The lowest BCUT2D eigenvalue weighted by atomic mass is 10.1. The van der Waals surface area contributed by atoms with Crippen LogP contribution in [0.3, 0.4) is 0 Å². The predicted molar refractivity (Wildman–Crippen MR) is 128 cm³/mol. The van der Waals surface area contributed by atoms with E-state index in [1.807, 2.05) is 48.5 Å². The average Bonchev–Trinajstić information content (AvgIpc) is 3.19. The molecule has 3 aromatic rings. The highest BCUT2D eigenvalue weighted by Crippen LogP contribution is 2.27. The van der Waals surface area contributed by atoms with E-state index >= 15 is 0 Å². The van der Waals surface area contributed by atoms with Crippen LogP contribution in [-0.4, -0.2) is 22.8 Å². The quantitative estimate of drug-likeness (QED) is 0.556. The second-order valence-corrected chi connectivity index (χ2v) is 8.78. The SMILES string of the molecule is N[C@H](Cc1ccc(Cl)cc1Cl)C(=O)N1Cc2ccc(NC(=O)Cc3ccccc3)cc2C1. The zero-order valence-corrected chi connectivity index (χ0v) is 18.9. The van der Waals surface area contributed by atoms with Crippen molar-refractivity contribution in [3.8, 4) is 0 Å². The van der Waals surface area contributed by atoms with Crippen molar-refractivity contribution in [1.82, 2.24) is 4.90 Å². The molecular formula is C25H23Cl2N3O2. The highest BCUT2D eigenvalue weighted by Gasteiger charge is 2.28. The molecule has 0 fully saturated rings. The Morgan fingerprint density at radius 1 is 0.969 bits per heavy atom. The fourth-order valence-corrected chi connectivity index (χ4v) is 4.35. The minimum absolute atomic E-state index is 0.0797. The summed E-state index contributed by atoms with van der Waals surface area (Å²) < 4.78 is 0. The third-order valence-corrected chi connectivity index (χ3v) is 6.09. The van der Waals surface area contributed by atoms with Crippen molar-refractivity contribution in [2.24, 2.45) is 5.73 Å². The van der Waals surface area contributed by atoms with Gasteiger partial charge in [0.15, 0.2) is 0 Å². The molecule has 1 heterocycles. The Balaban J connectivity index is 1.37. The fourth-order valence-electron chi connectivity index (χ4n) is 3.86. The number of halogens is 2. The van der Waals surface area contributed by atoms with Crippen molar-refractivity contribution < 1.29 is 9.59 Å². The van der Waals surface area contributed by atoms with Gasteiger partial charge in [0.05, 0.1) is 12.5 Å². The van der Waals surface area contributed by atoms with E-state index < -0.39 is 6.04 Å². The Morgan fingerprint density at radius 3 is 2.47 bits per heavy atom. The molecule has 0 aliphatic carbocycles. The second-order valence-electron chi connectivity index (χ2n) is 7.93. The van der Waals surface area contributed by atoms with Gasteiger partial charge in [-0.1, -0.05) is 65.7 Å². The molecule has 4 rings (SSSR count). The number of carbonyl (C=O) groups is 2. The maximum absolute atomic E-state index is 12.9. The van der Waals surface area contributed by atoms with Crippen molar-refractivity contribution in [2.75, 3.05) is 5.32 Å². The molecule has 1 atom stereocenters. The Bertz CT molecular complexity index is 1150. The van der Waals surface area contributed by atoms with Crippen LogP contribution in [0, 0.1) is 0 Å². The maximum atomic E-state index is 12.9. The Kier molecular flexibility index (Phi) is 6.80. The van der Waals surface area contributed by atoms with E-state index in [0.29, 0.717) is 36.0 Å². The number of nitrogens with zero attached hydrogens (tertiary/aromatic N) is 1. The zero-order chi connectivity index (χ0) is 22.7. The topological polar surface area (TPSA) is 75.4 Å². The molecule has 3 N–H and O–H groups in total. The van der Waals surface area contributed by atoms with Crippen LogP contribution in [0.2, 0.25) is 10.0 Å². The number of fused-ring (bicyclic) bond motifs is 1. The summed E-state index contributed by atoms with van der Waals surface area (Å²) >= 11 is 12.2. The van der Waals surface area contributed by atoms with Crippen molar-refractivity contribution in [3.05, 3.63) is 99.0 Å². The van der Waals surface area contributed by atoms with Crippen LogP contribution in [0.25, 0.3) is 0 Å². The molecule has 0 unspecified atom stereocenters. The van der Waals surface area contributed by atoms with E-state index in [4.69, 9.17) is 28.9 Å². The molecular weight excluding hydrogens is 445 g/mol. The van der Waals surface area contributed by atoms with Gasteiger partial charge in [-0.3, -0.25) is 9.59 Å². The molecule has 1 aliphatic rings. The summed E-state index contributed by atoms with van der Waals surface area (Å²) in [6, 6.07) is 19.8. The summed E-state index contributed by atoms with van der Waals surface area (Å²) in [5.74, 6) is -0.217.